The average Bonchev–Trinajstić information content (AvgIpc) is 3.28. The van der Waals surface area contributed by atoms with Gasteiger partial charge in [0.25, 0.3) is 5.91 Å². The summed E-state index contributed by atoms with van der Waals surface area (Å²) in [5.41, 5.74) is 1.47. The molecule has 0 saturated heterocycles. The molecule has 36 heavy (non-hydrogen) atoms. The molecule has 17 heteroatoms. The van der Waals surface area contributed by atoms with Crippen molar-refractivity contribution in [2.24, 2.45) is 0 Å². The molecule has 2 aromatic carbocycles. The second kappa shape index (κ2) is 10.4. The van der Waals surface area contributed by atoms with Gasteiger partial charge in [-0.25, -0.2) is 0 Å². The van der Waals surface area contributed by atoms with Crippen molar-refractivity contribution >= 4 is 52.1 Å². The predicted molar refractivity (Wildman–Crippen MR) is 122 cm³/mol. The fraction of sp³-hybridized carbons (Fsp3) is 0.211. The molecule has 0 aliphatic heterocycles. The number of aromatic nitrogens is 4. The van der Waals surface area contributed by atoms with Crippen molar-refractivity contribution < 1.29 is 31.1 Å². The number of alkyl halides is 6. The van der Waals surface area contributed by atoms with Crippen molar-refractivity contribution in [2.45, 2.75) is 25.3 Å². The number of tetrazole rings is 1. The van der Waals surface area contributed by atoms with E-state index in [1.165, 1.54) is 19.1 Å². The lowest BCUT2D eigenvalue weighted by Gasteiger charge is -2.14. The Morgan fingerprint density at radius 1 is 0.972 bits per heavy atom. The van der Waals surface area contributed by atoms with Crippen LogP contribution < -0.4 is 16.2 Å². The smallest absolute Gasteiger partial charge is 0.331 e. The molecule has 0 spiro atoms. The SMILES string of the molecule is CC(C(=O)NNC(=S)Nc1ccc(Cl)c(Cl)c1)n1nnc(-c2cc(C(F)(F)F)cc(C(F)(F)F)c2)n1. The van der Waals surface area contributed by atoms with E-state index < -0.39 is 46.8 Å². The highest BCUT2D eigenvalue weighted by Crippen LogP contribution is 2.38. The predicted octanol–water partition coefficient (Wildman–Crippen LogP) is 5.26. The summed E-state index contributed by atoms with van der Waals surface area (Å²) < 4.78 is 78.6. The standard InChI is InChI=1S/C19H13Cl2F6N7OS/c1-8(16(35)30-31-17(36)28-12-2-3-13(20)14(21)7-12)34-32-15(29-33-34)9-4-10(18(22,23)24)6-11(5-9)19(25,26)27/h2-8H,1H3,(H,30,35)(H2,28,31,36). The molecule has 1 amide bonds. The van der Waals surface area contributed by atoms with Crippen LogP contribution in [0.3, 0.4) is 0 Å². The van der Waals surface area contributed by atoms with Crippen LogP contribution in [-0.2, 0) is 17.1 Å². The van der Waals surface area contributed by atoms with E-state index in [2.05, 4.69) is 31.6 Å². The number of hydrogen-bond donors (Lipinski definition) is 3. The fourth-order valence-corrected chi connectivity index (χ4v) is 3.12. The molecule has 0 radical (unpaired) electrons. The van der Waals surface area contributed by atoms with Crippen LogP contribution in [0.5, 0.6) is 0 Å². The van der Waals surface area contributed by atoms with Gasteiger partial charge in [0.05, 0.1) is 21.2 Å². The molecule has 0 aliphatic rings. The quantitative estimate of drug-likeness (QED) is 0.223. The van der Waals surface area contributed by atoms with Gasteiger partial charge in [0.1, 0.15) is 0 Å². The van der Waals surface area contributed by atoms with Crippen LogP contribution in [0.2, 0.25) is 10.0 Å². The van der Waals surface area contributed by atoms with E-state index in [1.807, 2.05) is 0 Å². The summed E-state index contributed by atoms with van der Waals surface area (Å²) in [6, 6.07) is 4.29. The maximum absolute atomic E-state index is 13.1. The molecule has 3 rings (SSSR count). The maximum atomic E-state index is 13.1. The Labute approximate surface area is 213 Å². The van der Waals surface area contributed by atoms with Crippen LogP contribution in [0.1, 0.15) is 24.1 Å². The van der Waals surface area contributed by atoms with E-state index in [9.17, 15) is 31.1 Å². The van der Waals surface area contributed by atoms with Gasteiger partial charge in [0.2, 0.25) is 5.82 Å². The summed E-state index contributed by atoms with van der Waals surface area (Å²) in [5, 5.41) is 14.1. The molecule has 1 heterocycles. The number of benzene rings is 2. The van der Waals surface area contributed by atoms with E-state index >= 15 is 0 Å². The summed E-state index contributed by atoms with van der Waals surface area (Å²) >= 11 is 16.8. The Hall–Kier alpha value is -3.17. The number of halogens is 8. The first-order valence-corrected chi connectivity index (χ1v) is 10.7. The van der Waals surface area contributed by atoms with Crippen molar-refractivity contribution in [1.82, 2.24) is 31.1 Å². The van der Waals surface area contributed by atoms with Gasteiger partial charge in [-0.1, -0.05) is 23.2 Å². The fourth-order valence-electron chi connectivity index (χ4n) is 2.65. The number of carbonyl (C=O) groups is 1. The van der Waals surface area contributed by atoms with Crippen LogP contribution >= 0.6 is 35.4 Å². The van der Waals surface area contributed by atoms with Crippen LogP contribution in [0, 0.1) is 0 Å². The van der Waals surface area contributed by atoms with E-state index in [1.54, 1.807) is 6.07 Å². The molecule has 192 valence electrons. The Morgan fingerprint density at radius 2 is 1.58 bits per heavy atom. The van der Waals surface area contributed by atoms with Crippen molar-refractivity contribution in [1.29, 1.82) is 0 Å². The number of anilines is 1. The molecule has 0 bridgehead atoms. The Kier molecular flexibility index (Phi) is 7.95. The lowest BCUT2D eigenvalue weighted by Crippen LogP contribution is -2.46. The zero-order valence-corrected chi connectivity index (χ0v) is 20.0. The highest BCUT2D eigenvalue weighted by atomic mass is 35.5. The second-order valence-corrected chi connectivity index (χ2v) is 8.32. The third-order valence-corrected chi connectivity index (χ3v) is 5.42. The number of hydrazine groups is 1. The number of rotatable bonds is 4. The third kappa shape index (κ3) is 6.73. The first-order valence-electron chi connectivity index (χ1n) is 9.56. The van der Waals surface area contributed by atoms with Gasteiger partial charge in [-0.3, -0.25) is 15.6 Å². The highest BCUT2D eigenvalue weighted by Gasteiger charge is 2.37. The normalized spacial score (nSPS) is 12.7. The molecule has 1 atom stereocenters. The van der Waals surface area contributed by atoms with E-state index in [-0.39, 0.29) is 16.2 Å². The first kappa shape index (κ1) is 27.4. The molecule has 0 saturated carbocycles. The van der Waals surface area contributed by atoms with Crippen molar-refractivity contribution in [3.63, 3.8) is 0 Å². The van der Waals surface area contributed by atoms with Crippen molar-refractivity contribution in [2.75, 3.05) is 5.32 Å². The number of carbonyl (C=O) groups excluding carboxylic acids is 1. The highest BCUT2D eigenvalue weighted by molar-refractivity contribution is 7.80. The first-order chi connectivity index (χ1) is 16.6. The van der Waals surface area contributed by atoms with Gasteiger partial charge in [0, 0.05) is 11.3 Å². The van der Waals surface area contributed by atoms with Crippen LogP contribution in [-0.4, -0.2) is 31.2 Å². The number of hydrogen-bond acceptors (Lipinski definition) is 5. The summed E-state index contributed by atoms with van der Waals surface area (Å²) in [4.78, 5) is 13.1. The minimum absolute atomic E-state index is 0.0232. The molecule has 8 nitrogen and oxygen atoms in total. The third-order valence-electron chi connectivity index (χ3n) is 4.48. The van der Waals surface area contributed by atoms with Gasteiger partial charge >= 0.3 is 12.4 Å². The largest absolute Gasteiger partial charge is 0.416 e. The van der Waals surface area contributed by atoms with Gasteiger partial charge in [0.15, 0.2) is 11.2 Å². The molecular weight excluding hydrogens is 559 g/mol. The maximum Gasteiger partial charge on any atom is 0.416 e. The number of nitrogens with one attached hydrogen (secondary N) is 3. The monoisotopic (exact) mass is 571 g/mol. The summed E-state index contributed by atoms with van der Waals surface area (Å²) in [5.74, 6) is -1.30. The molecule has 1 unspecified atom stereocenters. The van der Waals surface area contributed by atoms with Gasteiger partial charge < -0.3 is 5.32 Å². The zero-order valence-electron chi connectivity index (χ0n) is 17.7. The Bertz CT molecular complexity index is 1270. The topological polar surface area (TPSA) is 96.8 Å². The van der Waals surface area contributed by atoms with Crippen molar-refractivity contribution in [3.8, 4) is 11.4 Å². The van der Waals surface area contributed by atoms with Gasteiger partial charge in [-0.05, 0) is 60.8 Å². The number of thiocarbonyl (C=S) groups is 1. The van der Waals surface area contributed by atoms with Gasteiger partial charge in [-0.15, -0.1) is 10.2 Å². The lowest BCUT2D eigenvalue weighted by atomic mass is 10.0. The zero-order chi connectivity index (χ0) is 26.8. The van der Waals surface area contributed by atoms with Crippen LogP contribution in [0.25, 0.3) is 11.4 Å². The Morgan fingerprint density at radius 3 is 2.14 bits per heavy atom. The summed E-state index contributed by atoms with van der Waals surface area (Å²) in [6.07, 6.45) is -10.1. The average molecular weight is 572 g/mol. The van der Waals surface area contributed by atoms with Gasteiger partial charge in [-0.2, -0.15) is 31.1 Å². The minimum Gasteiger partial charge on any atom is -0.331 e. The van der Waals surface area contributed by atoms with E-state index in [0.717, 1.165) is 4.80 Å². The summed E-state index contributed by atoms with van der Waals surface area (Å²) in [7, 11) is 0. The minimum atomic E-state index is -5.05. The molecular formula is C19H13Cl2F6N7OS. The number of amides is 1. The molecule has 1 aromatic heterocycles. The molecule has 0 aliphatic carbocycles. The lowest BCUT2D eigenvalue weighted by molar-refractivity contribution is -0.143. The number of nitrogens with zero attached hydrogens (tertiary/aromatic N) is 4. The Balaban J connectivity index is 1.71. The van der Waals surface area contributed by atoms with Crippen LogP contribution in [0.4, 0.5) is 32.0 Å². The van der Waals surface area contributed by atoms with Crippen LogP contribution in [0.15, 0.2) is 36.4 Å². The van der Waals surface area contributed by atoms with Crippen molar-refractivity contribution in [3.05, 3.63) is 57.6 Å². The molecule has 3 aromatic rings. The second-order valence-electron chi connectivity index (χ2n) is 7.10. The molecule has 0 fully saturated rings. The summed E-state index contributed by atoms with van der Waals surface area (Å²) in [6.45, 7) is 1.31. The van der Waals surface area contributed by atoms with E-state index in [4.69, 9.17) is 35.4 Å². The van der Waals surface area contributed by atoms with E-state index in [0.29, 0.717) is 22.8 Å². The molecule has 3 N–H and O–H groups in total.